The van der Waals surface area contributed by atoms with Crippen LogP contribution in [0.5, 0.6) is 0 Å². The smallest absolute Gasteiger partial charge is 0.208 e. The van der Waals surface area contributed by atoms with Crippen LogP contribution in [0.3, 0.4) is 0 Å². The zero-order chi connectivity index (χ0) is 14.2. The summed E-state index contributed by atoms with van der Waals surface area (Å²) < 4.78 is 0. The van der Waals surface area contributed by atoms with Gasteiger partial charge < -0.3 is 10.0 Å². The van der Waals surface area contributed by atoms with Crippen LogP contribution in [0.15, 0.2) is 24.3 Å². The molecule has 0 radical (unpaired) electrons. The van der Waals surface area contributed by atoms with Gasteiger partial charge in [-0.15, -0.1) is 10.2 Å². The number of β-amino-alcohol motifs (C(OH)–C–C–N with tert-alkyl or cyclic N) is 1. The summed E-state index contributed by atoms with van der Waals surface area (Å²) in [5, 5.41) is 21.1. The number of benzene rings is 1. The average Bonchev–Trinajstić information content (AvgIpc) is 2.99. The van der Waals surface area contributed by atoms with Crippen molar-refractivity contribution in [1.29, 1.82) is 0 Å². The van der Waals surface area contributed by atoms with Crippen LogP contribution in [0.1, 0.15) is 23.9 Å². The lowest BCUT2D eigenvalue weighted by Crippen LogP contribution is -2.29. The second kappa shape index (κ2) is 5.31. The Morgan fingerprint density at radius 2 is 2.10 bits per heavy atom. The summed E-state index contributed by atoms with van der Waals surface area (Å²) in [6.07, 6.45) is 1.54. The van der Waals surface area contributed by atoms with Crippen molar-refractivity contribution in [1.82, 2.24) is 10.2 Å². The van der Waals surface area contributed by atoms with Crippen LogP contribution in [-0.2, 0) is 6.42 Å². The molecule has 0 saturated carbocycles. The normalized spacial score (nSPS) is 22.4. The van der Waals surface area contributed by atoms with Crippen LogP contribution in [-0.4, -0.2) is 34.0 Å². The highest BCUT2D eigenvalue weighted by atomic mass is 35.5. The van der Waals surface area contributed by atoms with E-state index in [0.29, 0.717) is 6.54 Å². The Morgan fingerprint density at radius 3 is 2.75 bits per heavy atom. The van der Waals surface area contributed by atoms with Gasteiger partial charge in [0.05, 0.1) is 5.60 Å². The monoisotopic (exact) mass is 309 g/mol. The lowest BCUT2D eigenvalue weighted by Gasteiger charge is -2.17. The Morgan fingerprint density at radius 1 is 1.35 bits per heavy atom. The van der Waals surface area contributed by atoms with Crippen molar-refractivity contribution < 1.29 is 5.11 Å². The predicted molar refractivity (Wildman–Crippen MR) is 81.6 cm³/mol. The molecule has 1 atom stereocenters. The van der Waals surface area contributed by atoms with E-state index in [1.165, 1.54) is 5.56 Å². The van der Waals surface area contributed by atoms with Gasteiger partial charge in [0.25, 0.3) is 0 Å². The summed E-state index contributed by atoms with van der Waals surface area (Å²) in [6.45, 7) is 3.33. The van der Waals surface area contributed by atoms with Gasteiger partial charge in [-0.2, -0.15) is 0 Å². The second-order valence-electron chi connectivity index (χ2n) is 5.45. The fraction of sp³-hybridized carbons (Fsp3) is 0.429. The van der Waals surface area contributed by atoms with Crippen LogP contribution in [0.25, 0.3) is 0 Å². The Labute approximate surface area is 127 Å². The van der Waals surface area contributed by atoms with E-state index < -0.39 is 5.60 Å². The molecule has 1 saturated heterocycles. The highest BCUT2D eigenvalue weighted by Crippen LogP contribution is 2.29. The van der Waals surface area contributed by atoms with Crippen LogP contribution in [0.2, 0.25) is 5.02 Å². The van der Waals surface area contributed by atoms with E-state index in [1.54, 1.807) is 11.3 Å². The van der Waals surface area contributed by atoms with E-state index >= 15 is 0 Å². The molecule has 20 heavy (non-hydrogen) atoms. The van der Waals surface area contributed by atoms with Gasteiger partial charge in [-0.05, 0) is 31.0 Å². The summed E-state index contributed by atoms with van der Waals surface area (Å²) >= 11 is 7.47. The molecule has 4 nitrogen and oxygen atoms in total. The van der Waals surface area contributed by atoms with E-state index in [2.05, 4.69) is 15.1 Å². The lowest BCUT2D eigenvalue weighted by atomic mass is 10.1. The summed E-state index contributed by atoms with van der Waals surface area (Å²) in [4.78, 5) is 2.10. The van der Waals surface area contributed by atoms with Crippen molar-refractivity contribution in [2.75, 3.05) is 18.0 Å². The van der Waals surface area contributed by atoms with Crippen LogP contribution in [0, 0.1) is 0 Å². The molecular weight excluding hydrogens is 294 g/mol. The molecule has 0 aliphatic carbocycles. The third-order valence-electron chi connectivity index (χ3n) is 3.45. The topological polar surface area (TPSA) is 49.2 Å². The van der Waals surface area contributed by atoms with Crippen molar-refractivity contribution in [3.8, 4) is 0 Å². The minimum absolute atomic E-state index is 0.609. The molecule has 1 aliphatic heterocycles. The highest BCUT2D eigenvalue weighted by Gasteiger charge is 2.32. The van der Waals surface area contributed by atoms with Crippen molar-refractivity contribution in [2.24, 2.45) is 0 Å². The quantitative estimate of drug-likeness (QED) is 0.947. The summed E-state index contributed by atoms with van der Waals surface area (Å²) in [5.74, 6) is 0. The van der Waals surface area contributed by atoms with Gasteiger partial charge in [0.2, 0.25) is 5.13 Å². The molecule has 6 heteroatoms. The molecule has 2 aromatic rings. The number of rotatable bonds is 3. The number of aliphatic hydroxyl groups is 1. The number of hydrogen-bond acceptors (Lipinski definition) is 5. The molecule has 0 bridgehead atoms. The maximum absolute atomic E-state index is 10.00. The van der Waals surface area contributed by atoms with Crippen molar-refractivity contribution in [3.63, 3.8) is 0 Å². The average molecular weight is 310 g/mol. The van der Waals surface area contributed by atoms with Crippen molar-refractivity contribution in [3.05, 3.63) is 39.9 Å². The zero-order valence-corrected chi connectivity index (χ0v) is 12.8. The SMILES string of the molecule is CC1(O)CCN(c2nnc(Cc3ccc(Cl)cc3)s2)C1. The van der Waals surface area contributed by atoms with E-state index in [0.717, 1.165) is 34.5 Å². The van der Waals surface area contributed by atoms with Crippen LogP contribution >= 0.6 is 22.9 Å². The van der Waals surface area contributed by atoms with Gasteiger partial charge >= 0.3 is 0 Å². The summed E-state index contributed by atoms with van der Waals surface area (Å²) in [6, 6.07) is 7.78. The molecule has 1 aliphatic rings. The molecule has 1 aromatic carbocycles. The number of anilines is 1. The maximum atomic E-state index is 10.00. The van der Waals surface area contributed by atoms with Gasteiger partial charge in [0, 0.05) is 24.5 Å². The van der Waals surface area contributed by atoms with Crippen LogP contribution in [0.4, 0.5) is 5.13 Å². The third-order valence-corrected chi connectivity index (χ3v) is 4.68. The standard InChI is InChI=1S/C14H16ClN3OS/c1-14(19)6-7-18(9-14)13-17-16-12(20-13)8-10-2-4-11(15)5-3-10/h2-5,19H,6-9H2,1H3. The van der Waals surface area contributed by atoms with E-state index in [-0.39, 0.29) is 0 Å². The Kier molecular flexibility index (Phi) is 3.67. The zero-order valence-electron chi connectivity index (χ0n) is 11.2. The first-order valence-corrected chi connectivity index (χ1v) is 7.75. The Hall–Kier alpha value is -1.17. The molecule has 1 N–H and O–H groups in total. The van der Waals surface area contributed by atoms with E-state index in [1.807, 2.05) is 31.2 Å². The summed E-state index contributed by atoms with van der Waals surface area (Å²) in [5.41, 5.74) is 0.563. The van der Waals surface area contributed by atoms with Crippen molar-refractivity contribution in [2.45, 2.75) is 25.4 Å². The first kappa shape index (κ1) is 13.8. The molecule has 2 heterocycles. The third kappa shape index (κ3) is 3.11. The fourth-order valence-electron chi connectivity index (χ4n) is 2.33. The van der Waals surface area contributed by atoms with E-state index in [9.17, 15) is 5.11 Å². The molecular formula is C14H16ClN3OS. The number of halogens is 1. The molecule has 3 rings (SSSR count). The Balaban J connectivity index is 1.69. The minimum Gasteiger partial charge on any atom is -0.388 e. The van der Waals surface area contributed by atoms with E-state index in [4.69, 9.17) is 11.6 Å². The van der Waals surface area contributed by atoms with Crippen molar-refractivity contribution >= 4 is 28.1 Å². The van der Waals surface area contributed by atoms with Gasteiger partial charge in [-0.25, -0.2) is 0 Å². The molecule has 1 aromatic heterocycles. The summed E-state index contributed by atoms with van der Waals surface area (Å²) in [7, 11) is 0. The second-order valence-corrected chi connectivity index (χ2v) is 6.93. The molecule has 0 spiro atoms. The lowest BCUT2D eigenvalue weighted by molar-refractivity contribution is 0.0839. The maximum Gasteiger partial charge on any atom is 0.208 e. The molecule has 1 unspecified atom stereocenters. The largest absolute Gasteiger partial charge is 0.388 e. The molecule has 106 valence electrons. The number of nitrogens with zero attached hydrogens (tertiary/aromatic N) is 3. The van der Waals surface area contributed by atoms with Gasteiger partial charge in [-0.3, -0.25) is 0 Å². The minimum atomic E-state index is -0.609. The first-order valence-electron chi connectivity index (χ1n) is 6.56. The van der Waals surface area contributed by atoms with Crippen LogP contribution < -0.4 is 4.90 Å². The number of aromatic nitrogens is 2. The highest BCUT2D eigenvalue weighted by molar-refractivity contribution is 7.15. The number of hydrogen-bond donors (Lipinski definition) is 1. The van der Waals surface area contributed by atoms with Gasteiger partial charge in [-0.1, -0.05) is 35.1 Å². The molecule has 1 fully saturated rings. The fourth-order valence-corrected chi connectivity index (χ4v) is 3.35. The van der Waals surface area contributed by atoms with Gasteiger partial charge in [0.15, 0.2) is 0 Å². The predicted octanol–water partition coefficient (Wildman–Crippen LogP) is 2.74. The Bertz CT molecular complexity index is 597. The first-order chi connectivity index (χ1) is 9.52. The van der Waals surface area contributed by atoms with Gasteiger partial charge in [0.1, 0.15) is 5.01 Å². The molecule has 0 amide bonds.